The van der Waals surface area contributed by atoms with Crippen LogP contribution in [0.25, 0.3) is 128 Å². The predicted octanol–water partition coefficient (Wildman–Crippen LogP) is 15.1. The van der Waals surface area contributed by atoms with Crippen molar-refractivity contribution in [2.75, 3.05) is 0 Å². The zero-order valence-electron chi connectivity index (χ0n) is 33.7. The van der Waals surface area contributed by atoms with Crippen LogP contribution in [0.1, 0.15) is 0 Å². The van der Waals surface area contributed by atoms with Gasteiger partial charge in [0.15, 0.2) is 17.5 Å². The summed E-state index contributed by atoms with van der Waals surface area (Å²) in [6.07, 6.45) is 0. The number of benzene rings is 9. The first kappa shape index (κ1) is 35.2. The second-order valence-electron chi connectivity index (χ2n) is 16.0. The molecule has 9 aromatic carbocycles. The first-order chi connectivity index (χ1) is 31.2. The van der Waals surface area contributed by atoms with Gasteiger partial charge in [-0.2, -0.15) is 0 Å². The van der Waals surface area contributed by atoms with Crippen LogP contribution in [0.15, 0.2) is 215 Å². The Kier molecular flexibility index (Phi) is 7.80. The molecule has 0 amide bonds. The summed E-state index contributed by atoms with van der Waals surface area (Å²) in [6.45, 7) is 0. The van der Waals surface area contributed by atoms with Gasteiger partial charge in [-0.25, -0.2) is 15.0 Å². The summed E-state index contributed by atoms with van der Waals surface area (Å²) in [5, 5.41) is 6.57. The minimum Gasteiger partial charge on any atom is -0.456 e. The summed E-state index contributed by atoms with van der Waals surface area (Å²) in [7, 11) is 0. The van der Waals surface area contributed by atoms with Gasteiger partial charge in [-0.15, -0.1) is 0 Å². The zero-order valence-corrected chi connectivity index (χ0v) is 33.7. The Balaban J connectivity index is 0.919. The van der Waals surface area contributed by atoms with Crippen molar-refractivity contribution in [2.45, 2.75) is 0 Å². The molecule has 0 saturated carbocycles. The fraction of sp³-hybridized carbons (Fsp3) is 0. The number of hydrogen-bond acceptors (Lipinski definition) is 5. The summed E-state index contributed by atoms with van der Waals surface area (Å²) in [4.78, 5) is 15.1. The Bertz CT molecular complexity index is 3900. The van der Waals surface area contributed by atoms with Crippen LogP contribution in [-0.2, 0) is 0 Å². The monoisotopic (exact) mass is 806 g/mol. The maximum atomic E-state index is 6.57. The highest BCUT2D eigenvalue weighted by molar-refractivity contribution is 6.13. The molecule has 63 heavy (non-hydrogen) atoms. The van der Waals surface area contributed by atoms with Gasteiger partial charge >= 0.3 is 0 Å². The molecule has 0 saturated heterocycles. The first-order valence-corrected chi connectivity index (χ1v) is 21.1. The van der Waals surface area contributed by atoms with Crippen molar-refractivity contribution in [3.63, 3.8) is 0 Å². The van der Waals surface area contributed by atoms with Gasteiger partial charge in [0.2, 0.25) is 0 Å². The van der Waals surface area contributed by atoms with E-state index in [1.54, 1.807) is 0 Å². The number of nitrogens with zero attached hydrogens (tertiary/aromatic N) is 4. The SMILES string of the molecule is c1ccc(-c2ccc3c(c2)c2cc(-c4ccc5oc6cc(-c7nc(-c8ccccc8)nc(-c8ccc9oc%10ccccc%10c9c8)n7)ccc6c5c4)ccc2n3-c2ccccc2)cc1. The Morgan fingerprint density at radius 2 is 0.698 bits per heavy atom. The number of para-hydroxylation sites is 2. The Labute approximate surface area is 361 Å². The molecule has 0 fully saturated rings. The van der Waals surface area contributed by atoms with E-state index in [-0.39, 0.29) is 0 Å². The smallest absolute Gasteiger partial charge is 0.164 e. The quantitative estimate of drug-likeness (QED) is 0.167. The summed E-state index contributed by atoms with van der Waals surface area (Å²) in [5.41, 5.74) is 14.0. The van der Waals surface area contributed by atoms with E-state index in [4.69, 9.17) is 23.8 Å². The molecule has 6 nitrogen and oxygen atoms in total. The topological polar surface area (TPSA) is 69.9 Å². The molecule has 4 aromatic heterocycles. The second-order valence-corrected chi connectivity index (χ2v) is 16.0. The van der Waals surface area contributed by atoms with Gasteiger partial charge in [-0.3, -0.25) is 0 Å². The molecule has 0 aliphatic rings. The fourth-order valence-corrected chi connectivity index (χ4v) is 9.18. The predicted molar refractivity (Wildman–Crippen MR) is 256 cm³/mol. The van der Waals surface area contributed by atoms with Crippen LogP contribution in [0.5, 0.6) is 0 Å². The highest BCUT2D eigenvalue weighted by atomic mass is 16.3. The highest BCUT2D eigenvalue weighted by Crippen LogP contribution is 2.40. The Morgan fingerprint density at radius 3 is 1.37 bits per heavy atom. The third kappa shape index (κ3) is 5.84. The van der Waals surface area contributed by atoms with E-state index in [0.717, 1.165) is 77.4 Å². The van der Waals surface area contributed by atoms with E-state index in [0.29, 0.717) is 17.5 Å². The normalized spacial score (nSPS) is 11.8. The van der Waals surface area contributed by atoms with Gasteiger partial charge < -0.3 is 13.4 Å². The maximum Gasteiger partial charge on any atom is 0.164 e. The Morgan fingerprint density at radius 1 is 0.270 bits per heavy atom. The molecule has 13 aromatic rings. The molecular weight excluding hydrogens is 773 g/mol. The van der Waals surface area contributed by atoms with Crippen LogP contribution >= 0.6 is 0 Å². The van der Waals surface area contributed by atoms with Crippen LogP contribution in [-0.4, -0.2) is 19.5 Å². The van der Waals surface area contributed by atoms with Gasteiger partial charge in [0, 0.05) is 54.7 Å². The summed E-state index contributed by atoms with van der Waals surface area (Å²) >= 11 is 0. The number of hydrogen-bond donors (Lipinski definition) is 0. The zero-order chi connectivity index (χ0) is 41.4. The van der Waals surface area contributed by atoms with Crippen LogP contribution in [0, 0.1) is 0 Å². The molecular formula is C57H34N4O2. The maximum absolute atomic E-state index is 6.57. The van der Waals surface area contributed by atoms with Crippen molar-refractivity contribution in [3.8, 4) is 62.1 Å². The molecule has 6 heteroatoms. The van der Waals surface area contributed by atoms with Crippen LogP contribution in [0.3, 0.4) is 0 Å². The summed E-state index contributed by atoms with van der Waals surface area (Å²) in [6, 6.07) is 71.8. The van der Waals surface area contributed by atoms with E-state index >= 15 is 0 Å². The average molecular weight is 807 g/mol. The lowest BCUT2D eigenvalue weighted by atomic mass is 9.99. The van der Waals surface area contributed by atoms with Crippen molar-refractivity contribution in [2.24, 2.45) is 0 Å². The van der Waals surface area contributed by atoms with Crippen LogP contribution in [0.2, 0.25) is 0 Å². The van der Waals surface area contributed by atoms with Crippen molar-refractivity contribution in [1.82, 2.24) is 19.5 Å². The molecule has 0 unspecified atom stereocenters. The molecule has 0 bridgehead atoms. The Hall–Kier alpha value is -8.61. The fourth-order valence-electron chi connectivity index (χ4n) is 9.18. The summed E-state index contributed by atoms with van der Waals surface area (Å²) in [5.74, 6) is 1.75. The van der Waals surface area contributed by atoms with Crippen molar-refractivity contribution in [3.05, 3.63) is 206 Å². The average Bonchev–Trinajstić information content (AvgIpc) is 4.03. The number of aromatic nitrogens is 4. The lowest BCUT2D eigenvalue weighted by Gasteiger charge is -2.09. The molecule has 13 rings (SSSR count). The van der Waals surface area contributed by atoms with Gasteiger partial charge in [-0.05, 0) is 107 Å². The van der Waals surface area contributed by atoms with E-state index in [2.05, 4.69) is 144 Å². The van der Waals surface area contributed by atoms with Gasteiger partial charge in [-0.1, -0.05) is 121 Å². The third-order valence-corrected chi connectivity index (χ3v) is 12.3. The van der Waals surface area contributed by atoms with Gasteiger partial charge in [0.05, 0.1) is 11.0 Å². The van der Waals surface area contributed by atoms with Crippen LogP contribution in [0.4, 0.5) is 0 Å². The lowest BCUT2D eigenvalue weighted by Crippen LogP contribution is -2.00. The largest absolute Gasteiger partial charge is 0.456 e. The molecule has 0 radical (unpaired) electrons. The van der Waals surface area contributed by atoms with Crippen molar-refractivity contribution >= 4 is 65.7 Å². The number of furan rings is 2. The van der Waals surface area contributed by atoms with E-state index in [9.17, 15) is 0 Å². The van der Waals surface area contributed by atoms with Crippen LogP contribution < -0.4 is 0 Å². The lowest BCUT2D eigenvalue weighted by molar-refractivity contribution is 0.668. The second kappa shape index (κ2) is 14.0. The van der Waals surface area contributed by atoms with E-state index in [1.807, 2.05) is 66.7 Å². The highest BCUT2D eigenvalue weighted by Gasteiger charge is 2.18. The first-order valence-electron chi connectivity index (χ1n) is 21.1. The van der Waals surface area contributed by atoms with Gasteiger partial charge in [0.25, 0.3) is 0 Å². The van der Waals surface area contributed by atoms with E-state index < -0.39 is 0 Å². The molecule has 0 N–H and O–H groups in total. The molecule has 0 spiro atoms. The standard InChI is InChI=1S/C57H34N4O2/c1-4-12-35(13-5-1)37-21-26-49-45(30-37)46-31-38(22-27-50(46)61(49)42-16-8-3-9-17-42)39-23-28-53-47(32-39)44-25-20-41(34-54(44)63-53)57-59-55(36-14-6-2-7-15-36)58-56(60-57)40-24-29-52-48(33-40)43-18-10-11-19-51(43)62-52/h1-34H. The molecule has 0 aliphatic carbocycles. The van der Waals surface area contributed by atoms with Gasteiger partial charge in [0.1, 0.15) is 22.3 Å². The number of fused-ring (bicyclic) bond motifs is 9. The third-order valence-electron chi connectivity index (χ3n) is 12.3. The minimum atomic E-state index is 0.567. The van der Waals surface area contributed by atoms with Crippen molar-refractivity contribution in [1.29, 1.82) is 0 Å². The number of rotatable bonds is 6. The van der Waals surface area contributed by atoms with Crippen molar-refractivity contribution < 1.29 is 8.83 Å². The summed E-state index contributed by atoms with van der Waals surface area (Å²) < 4.78 is 15.1. The molecule has 0 atom stereocenters. The minimum absolute atomic E-state index is 0.567. The van der Waals surface area contributed by atoms with E-state index in [1.165, 1.54) is 32.9 Å². The molecule has 0 aliphatic heterocycles. The molecule has 294 valence electrons. The molecule has 4 heterocycles.